The molecule has 3 aromatic rings. The van der Waals surface area contributed by atoms with Gasteiger partial charge in [-0.25, -0.2) is 4.39 Å². The molecule has 0 spiro atoms. The second-order valence-electron chi connectivity index (χ2n) is 6.76. The van der Waals surface area contributed by atoms with E-state index in [9.17, 15) is 18.8 Å². The average Bonchev–Trinajstić information content (AvgIpc) is 3.35. The number of halogens is 1. The second-order valence-corrected chi connectivity index (χ2v) is 7.75. The van der Waals surface area contributed by atoms with Crippen LogP contribution in [-0.4, -0.2) is 35.6 Å². The molecule has 32 heavy (non-hydrogen) atoms. The number of benzene rings is 2. The number of ether oxygens (including phenoxy) is 1. The molecule has 1 aromatic heterocycles. The number of hydrogen-bond donors (Lipinski definition) is 1. The lowest BCUT2D eigenvalue weighted by Gasteiger charge is -2.12. The molecule has 0 aliphatic carbocycles. The highest BCUT2D eigenvalue weighted by atomic mass is 32.2. The van der Waals surface area contributed by atoms with E-state index >= 15 is 0 Å². The summed E-state index contributed by atoms with van der Waals surface area (Å²) in [7, 11) is 1.53. The van der Waals surface area contributed by atoms with Crippen LogP contribution in [0.15, 0.2) is 70.0 Å². The van der Waals surface area contributed by atoms with Crippen molar-refractivity contribution in [3.63, 3.8) is 0 Å². The van der Waals surface area contributed by atoms with Gasteiger partial charge in [0.2, 0.25) is 5.91 Å². The third-order valence-corrected chi connectivity index (χ3v) is 5.47. The maximum atomic E-state index is 13.4. The summed E-state index contributed by atoms with van der Waals surface area (Å²) in [5, 5.41) is 2.08. The van der Waals surface area contributed by atoms with Gasteiger partial charge in [-0.05, 0) is 60.3 Å². The zero-order chi connectivity index (χ0) is 22.7. The fourth-order valence-electron chi connectivity index (χ4n) is 3.01. The Balaban J connectivity index is 1.43. The number of nitrogens with zero attached hydrogens (tertiary/aromatic N) is 1. The van der Waals surface area contributed by atoms with Gasteiger partial charge in [-0.3, -0.25) is 19.3 Å². The van der Waals surface area contributed by atoms with Crippen molar-refractivity contribution in [3.05, 3.63) is 77.1 Å². The highest BCUT2D eigenvalue weighted by Crippen LogP contribution is 2.33. The smallest absolute Gasteiger partial charge is 0.294 e. The van der Waals surface area contributed by atoms with Gasteiger partial charge in [0.1, 0.15) is 29.6 Å². The molecule has 0 unspecified atom stereocenters. The van der Waals surface area contributed by atoms with Gasteiger partial charge in [-0.1, -0.05) is 12.1 Å². The summed E-state index contributed by atoms with van der Waals surface area (Å²) in [6.45, 7) is -0.416. The number of imide groups is 1. The molecule has 2 aromatic carbocycles. The van der Waals surface area contributed by atoms with Crippen molar-refractivity contribution >= 4 is 40.6 Å². The van der Waals surface area contributed by atoms with E-state index in [-0.39, 0.29) is 4.91 Å². The molecule has 2 heterocycles. The van der Waals surface area contributed by atoms with Gasteiger partial charge in [0.25, 0.3) is 11.1 Å². The van der Waals surface area contributed by atoms with Crippen molar-refractivity contribution in [2.45, 2.75) is 0 Å². The number of anilines is 1. The van der Waals surface area contributed by atoms with Crippen LogP contribution in [0.25, 0.3) is 17.4 Å². The van der Waals surface area contributed by atoms with Gasteiger partial charge in [-0.2, -0.15) is 0 Å². The number of hydrogen-bond acceptors (Lipinski definition) is 6. The van der Waals surface area contributed by atoms with E-state index in [1.807, 2.05) is 0 Å². The van der Waals surface area contributed by atoms with Crippen molar-refractivity contribution in [3.8, 4) is 17.1 Å². The van der Waals surface area contributed by atoms with E-state index in [2.05, 4.69) is 5.32 Å². The summed E-state index contributed by atoms with van der Waals surface area (Å²) < 4.78 is 24.1. The Morgan fingerprint density at radius 1 is 1.16 bits per heavy atom. The zero-order valence-electron chi connectivity index (χ0n) is 16.8. The number of thioether (sulfide) groups is 1. The summed E-state index contributed by atoms with van der Waals surface area (Å²) in [6, 6.07) is 15.8. The average molecular weight is 452 g/mol. The summed E-state index contributed by atoms with van der Waals surface area (Å²) in [5.74, 6) is -0.1000. The van der Waals surface area contributed by atoms with Gasteiger partial charge in [0.15, 0.2) is 0 Å². The van der Waals surface area contributed by atoms with Crippen molar-refractivity contribution in [2.24, 2.45) is 0 Å². The first-order valence-electron chi connectivity index (χ1n) is 9.48. The summed E-state index contributed by atoms with van der Waals surface area (Å²) >= 11 is 0.719. The summed E-state index contributed by atoms with van der Waals surface area (Å²) in [6.07, 6.45) is 1.43. The number of carbonyl (C=O) groups is 3. The fourth-order valence-corrected chi connectivity index (χ4v) is 3.83. The van der Waals surface area contributed by atoms with Crippen LogP contribution < -0.4 is 10.1 Å². The third-order valence-electron chi connectivity index (χ3n) is 4.56. The SMILES string of the molecule is COc1ccc(NC(=O)CN2C(=O)S/C(=C\c3ccc(-c4cccc(F)c4)o3)C2=O)cc1. The largest absolute Gasteiger partial charge is 0.497 e. The second kappa shape index (κ2) is 9.11. The van der Waals surface area contributed by atoms with Crippen LogP contribution in [0.4, 0.5) is 14.9 Å². The normalized spacial score (nSPS) is 14.8. The molecule has 7 nitrogen and oxygen atoms in total. The topological polar surface area (TPSA) is 88.8 Å². The lowest BCUT2D eigenvalue weighted by atomic mass is 10.2. The van der Waals surface area contributed by atoms with Crippen molar-refractivity contribution in [1.29, 1.82) is 0 Å². The monoisotopic (exact) mass is 452 g/mol. The van der Waals surface area contributed by atoms with E-state index in [1.165, 1.54) is 25.3 Å². The van der Waals surface area contributed by atoms with Crippen LogP contribution in [0.1, 0.15) is 5.76 Å². The van der Waals surface area contributed by atoms with E-state index in [0.29, 0.717) is 28.5 Å². The molecule has 162 valence electrons. The molecule has 0 atom stereocenters. The highest BCUT2D eigenvalue weighted by molar-refractivity contribution is 8.18. The van der Waals surface area contributed by atoms with E-state index in [1.54, 1.807) is 48.5 Å². The van der Waals surface area contributed by atoms with Crippen molar-refractivity contribution in [2.75, 3.05) is 19.0 Å². The molecule has 1 saturated heterocycles. The minimum atomic E-state index is -0.589. The Kier molecular flexibility index (Phi) is 6.09. The first-order chi connectivity index (χ1) is 15.4. The lowest BCUT2D eigenvalue weighted by molar-refractivity contribution is -0.127. The minimum Gasteiger partial charge on any atom is -0.497 e. The molecule has 3 amide bonds. The molecular formula is C23H17FN2O5S. The van der Waals surface area contributed by atoms with Crippen LogP contribution >= 0.6 is 11.8 Å². The number of furan rings is 1. The minimum absolute atomic E-state index is 0.132. The summed E-state index contributed by atoms with van der Waals surface area (Å²) in [5.41, 5.74) is 1.06. The first-order valence-corrected chi connectivity index (χ1v) is 10.3. The fraction of sp³-hybridized carbons (Fsp3) is 0.0870. The predicted molar refractivity (Wildman–Crippen MR) is 118 cm³/mol. The van der Waals surface area contributed by atoms with Crippen LogP contribution in [0.2, 0.25) is 0 Å². The van der Waals surface area contributed by atoms with Crippen LogP contribution in [0, 0.1) is 5.82 Å². The molecule has 0 saturated carbocycles. The van der Waals surface area contributed by atoms with E-state index < -0.39 is 29.4 Å². The molecule has 4 rings (SSSR count). The molecule has 9 heteroatoms. The van der Waals surface area contributed by atoms with Crippen LogP contribution in [0.5, 0.6) is 5.75 Å². The molecule has 1 N–H and O–H groups in total. The molecule has 0 bridgehead atoms. The maximum Gasteiger partial charge on any atom is 0.294 e. The Bertz CT molecular complexity index is 1220. The van der Waals surface area contributed by atoms with Gasteiger partial charge in [-0.15, -0.1) is 0 Å². The number of carbonyl (C=O) groups excluding carboxylic acids is 3. The quantitative estimate of drug-likeness (QED) is 0.542. The van der Waals surface area contributed by atoms with E-state index in [0.717, 1.165) is 16.7 Å². The lowest BCUT2D eigenvalue weighted by Crippen LogP contribution is -2.36. The van der Waals surface area contributed by atoms with Gasteiger partial charge >= 0.3 is 0 Å². The summed E-state index contributed by atoms with van der Waals surface area (Å²) in [4.78, 5) is 38.2. The Morgan fingerprint density at radius 2 is 1.94 bits per heavy atom. The third kappa shape index (κ3) is 4.73. The molecule has 1 fully saturated rings. The Hall–Kier alpha value is -3.85. The van der Waals surface area contributed by atoms with Gasteiger partial charge < -0.3 is 14.5 Å². The van der Waals surface area contributed by atoms with Crippen LogP contribution in [0.3, 0.4) is 0 Å². The molecule has 1 aliphatic rings. The first kappa shape index (κ1) is 21.4. The number of rotatable bonds is 6. The van der Waals surface area contributed by atoms with E-state index in [4.69, 9.17) is 9.15 Å². The number of nitrogens with one attached hydrogen (secondary N) is 1. The van der Waals surface area contributed by atoms with Crippen molar-refractivity contribution in [1.82, 2.24) is 4.90 Å². The molecule has 1 aliphatic heterocycles. The maximum absolute atomic E-state index is 13.4. The van der Waals surface area contributed by atoms with Crippen LogP contribution in [-0.2, 0) is 9.59 Å². The number of amides is 3. The predicted octanol–water partition coefficient (Wildman–Crippen LogP) is 4.77. The van der Waals surface area contributed by atoms with Gasteiger partial charge in [0, 0.05) is 17.3 Å². The standard InChI is InChI=1S/C23H17FN2O5S/c1-30-17-7-5-16(6-8-17)25-21(27)13-26-22(28)20(32-23(26)29)12-18-9-10-19(31-18)14-3-2-4-15(24)11-14/h2-12H,13H2,1H3,(H,25,27)/b20-12-. The highest BCUT2D eigenvalue weighted by Gasteiger charge is 2.36. The molecule has 0 radical (unpaired) electrons. The zero-order valence-corrected chi connectivity index (χ0v) is 17.6. The number of methoxy groups -OCH3 is 1. The molecular weight excluding hydrogens is 435 g/mol. The van der Waals surface area contributed by atoms with Gasteiger partial charge in [0.05, 0.1) is 12.0 Å². The Morgan fingerprint density at radius 3 is 2.66 bits per heavy atom. The Labute approximate surface area is 186 Å². The van der Waals surface area contributed by atoms with Crippen molar-refractivity contribution < 1.29 is 27.9 Å².